The highest BCUT2D eigenvalue weighted by Crippen LogP contribution is 2.00. The number of hydrogen-bond donors (Lipinski definition) is 3. The van der Waals surface area contributed by atoms with Crippen LogP contribution in [0.1, 0.15) is 19.3 Å². The first-order valence-electron chi connectivity index (χ1n) is 4.89. The second kappa shape index (κ2) is 5.72. The largest absolute Gasteiger partial charge is 0.480 e. The van der Waals surface area contributed by atoms with E-state index in [0.717, 1.165) is 38.6 Å². The number of nitrogens with one attached hydrogen (secondary N) is 2. The third-order valence-corrected chi connectivity index (χ3v) is 2.38. The van der Waals surface area contributed by atoms with Crippen molar-refractivity contribution in [1.29, 1.82) is 0 Å². The molecule has 2 atom stereocenters. The third-order valence-electron chi connectivity index (χ3n) is 2.38. The SMILES string of the molecule is O=C(O)C1CCN1.O=CC1CCCN1. The van der Waals surface area contributed by atoms with E-state index in [9.17, 15) is 9.59 Å². The number of aliphatic carboxylic acids is 1. The quantitative estimate of drug-likeness (QED) is 0.517. The molecule has 2 fully saturated rings. The molecule has 0 aromatic heterocycles. The monoisotopic (exact) mass is 200 g/mol. The number of carboxylic acids is 1. The van der Waals surface area contributed by atoms with Crippen LogP contribution in [0.5, 0.6) is 0 Å². The van der Waals surface area contributed by atoms with Gasteiger partial charge in [-0.15, -0.1) is 0 Å². The molecule has 5 heteroatoms. The van der Waals surface area contributed by atoms with Crippen molar-refractivity contribution in [1.82, 2.24) is 10.6 Å². The average Bonchev–Trinajstić information content (AvgIpc) is 2.52. The minimum absolute atomic E-state index is 0.167. The van der Waals surface area contributed by atoms with Gasteiger partial charge in [-0.1, -0.05) is 0 Å². The molecule has 2 aliphatic heterocycles. The minimum Gasteiger partial charge on any atom is -0.480 e. The second-order valence-corrected chi connectivity index (χ2v) is 3.47. The lowest BCUT2D eigenvalue weighted by atomic mass is 10.1. The van der Waals surface area contributed by atoms with Gasteiger partial charge in [-0.05, 0) is 32.4 Å². The molecule has 0 bridgehead atoms. The first-order chi connectivity index (χ1) is 6.74. The molecule has 2 heterocycles. The molecule has 0 aromatic rings. The fraction of sp³-hybridized carbons (Fsp3) is 0.778. The van der Waals surface area contributed by atoms with Gasteiger partial charge in [0, 0.05) is 0 Å². The van der Waals surface area contributed by atoms with Gasteiger partial charge in [0.15, 0.2) is 0 Å². The number of aldehydes is 1. The summed E-state index contributed by atoms with van der Waals surface area (Å²) in [4.78, 5) is 19.9. The molecule has 2 aliphatic rings. The summed E-state index contributed by atoms with van der Waals surface area (Å²) >= 11 is 0. The van der Waals surface area contributed by atoms with Crippen molar-refractivity contribution in [3.63, 3.8) is 0 Å². The van der Waals surface area contributed by atoms with Gasteiger partial charge < -0.3 is 20.5 Å². The number of carboxylic acid groups (broad SMARTS) is 1. The predicted octanol–water partition coefficient (Wildman–Crippen LogP) is -0.630. The van der Waals surface area contributed by atoms with E-state index >= 15 is 0 Å². The zero-order chi connectivity index (χ0) is 10.4. The second-order valence-electron chi connectivity index (χ2n) is 3.47. The predicted molar refractivity (Wildman–Crippen MR) is 51.1 cm³/mol. The summed E-state index contributed by atoms with van der Waals surface area (Å²) in [5.41, 5.74) is 0. The van der Waals surface area contributed by atoms with Gasteiger partial charge in [0.1, 0.15) is 12.3 Å². The Labute approximate surface area is 82.9 Å². The molecule has 0 spiro atoms. The smallest absolute Gasteiger partial charge is 0.320 e. The number of carbonyl (C=O) groups excluding carboxylic acids is 1. The molecular weight excluding hydrogens is 184 g/mol. The topological polar surface area (TPSA) is 78.4 Å². The maximum Gasteiger partial charge on any atom is 0.320 e. The Morgan fingerprint density at radius 3 is 2.14 bits per heavy atom. The highest BCUT2D eigenvalue weighted by atomic mass is 16.4. The van der Waals surface area contributed by atoms with E-state index in [2.05, 4.69) is 10.6 Å². The van der Waals surface area contributed by atoms with Crippen molar-refractivity contribution >= 4 is 12.3 Å². The van der Waals surface area contributed by atoms with Gasteiger partial charge in [0.2, 0.25) is 0 Å². The molecule has 0 saturated carbocycles. The van der Waals surface area contributed by atoms with E-state index in [4.69, 9.17) is 5.11 Å². The molecule has 0 aromatic carbocycles. The molecule has 0 amide bonds. The Kier molecular flexibility index (Phi) is 4.55. The van der Waals surface area contributed by atoms with Crippen LogP contribution in [0, 0.1) is 0 Å². The summed E-state index contributed by atoms with van der Waals surface area (Å²) in [6.45, 7) is 1.88. The summed E-state index contributed by atoms with van der Waals surface area (Å²) in [6.07, 6.45) is 3.95. The van der Waals surface area contributed by atoms with Gasteiger partial charge in [-0.2, -0.15) is 0 Å². The Morgan fingerprint density at radius 1 is 1.29 bits per heavy atom. The molecule has 14 heavy (non-hydrogen) atoms. The first-order valence-corrected chi connectivity index (χ1v) is 4.89. The van der Waals surface area contributed by atoms with E-state index < -0.39 is 5.97 Å². The van der Waals surface area contributed by atoms with E-state index in [1.165, 1.54) is 0 Å². The van der Waals surface area contributed by atoms with Crippen LogP contribution in [-0.2, 0) is 9.59 Å². The highest BCUT2D eigenvalue weighted by Gasteiger charge is 2.22. The van der Waals surface area contributed by atoms with Crippen molar-refractivity contribution < 1.29 is 14.7 Å². The van der Waals surface area contributed by atoms with Crippen LogP contribution in [0.4, 0.5) is 0 Å². The zero-order valence-electron chi connectivity index (χ0n) is 8.03. The molecular formula is C9H16N2O3. The summed E-state index contributed by atoms with van der Waals surface area (Å²) in [6, 6.07) is -0.0833. The third kappa shape index (κ3) is 3.43. The molecule has 2 saturated heterocycles. The van der Waals surface area contributed by atoms with Crippen molar-refractivity contribution in [3.8, 4) is 0 Å². The fourth-order valence-corrected chi connectivity index (χ4v) is 1.33. The van der Waals surface area contributed by atoms with E-state index in [1.54, 1.807) is 0 Å². The number of carbonyl (C=O) groups is 2. The molecule has 5 nitrogen and oxygen atoms in total. The Hall–Kier alpha value is -0.940. The molecule has 2 rings (SSSR count). The molecule has 3 N–H and O–H groups in total. The lowest BCUT2D eigenvalue weighted by Gasteiger charge is -2.22. The summed E-state index contributed by atoms with van der Waals surface area (Å²) < 4.78 is 0. The molecule has 2 unspecified atom stereocenters. The normalized spacial score (nSPS) is 29.7. The first kappa shape index (κ1) is 11.1. The van der Waals surface area contributed by atoms with Crippen molar-refractivity contribution in [2.24, 2.45) is 0 Å². The molecule has 0 aliphatic carbocycles. The van der Waals surface area contributed by atoms with Crippen LogP contribution in [-0.4, -0.2) is 42.5 Å². The van der Waals surface area contributed by atoms with Gasteiger partial charge in [-0.25, -0.2) is 0 Å². The average molecular weight is 200 g/mol. The standard InChI is InChI=1S/C5H9NO.C4H7NO2/c7-4-5-2-1-3-6-5;6-4(7)3-1-2-5-3/h4-6H,1-3H2;3,5H,1-2H2,(H,6,7). The van der Waals surface area contributed by atoms with Crippen LogP contribution in [0.2, 0.25) is 0 Å². The van der Waals surface area contributed by atoms with Gasteiger partial charge >= 0.3 is 5.97 Å². The Bertz CT molecular complexity index is 198. The maximum absolute atomic E-state index is 9.94. The Balaban J connectivity index is 0.000000140. The van der Waals surface area contributed by atoms with E-state index in [0.29, 0.717) is 0 Å². The van der Waals surface area contributed by atoms with Crippen LogP contribution in [0.15, 0.2) is 0 Å². The van der Waals surface area contributed by atoms with Crippen LogP contribution in [0.3, 0.4) is 0 Å². The lowest BCUT2D eigenvalue weighted by molar-refractivity contribution is -0.141. The number of rotatable bonds is 2. The Morgan fingerprint density at radius 2 is 2.00 bits per heavy atom. The summed E-state index contributed by atoms with van der Waals surface area (Å²) in [5, 5.41) is 14.0. The van der Waals surface area contributed by atoms with Crippen LogP contribution < -0.4 is 10.6 Å². The van der Waals surface area contributed by atoms with E-state index in [1.807, 2.05) is 0 Å². The molecule has 80 valence electrons. The molecule has 0 radical (unpaired) electrons. The van der Waals surface area contributed by atoms with Gasteiger partial charge in [0.05, 0.1) is 6.04 Å². The van der Waals surface area contributed by atoms with Crippen molar-refractivity contribution in [3.05, 3.63) is 0 Å². The zero-order valence-corrected chi connectivity index (χ0v) is 8.03. The maximum atomic E-state index is 9.94. The van der Waals surface area contributed by atoms with E-state index in [-0.39, 0.29) is 12.1 Å². The van der Waals surface area contributed by atoms with Crippen molar-refractivity contribution in [2.45, 2.75) is 31.3 Å². The fourth-order valence-electron chi connectivity index (χ4n) is 1.33. The number of hydrogen-bond acceptors (Lipinski definition) is 4. The summed E-state index contributed by atoms with van der Waals surface area (Å²) in [5.74, 6) is -0.730. The van der Waals surface area contributed by atoms with Crippen LogP contribution in [0.25, 0.3) is 0 Å². The lowest BCUT2D eigenvalue weighted by Crippen LogP contribution is -2.48. The van der Waals surface area contributed by atoms with Crippen molar-refractivity contribution in [2.75, 3.05) is 13.1 Å². The van der Waals surface area contributed by atoms with Crippen LogP contribution >= 0.6 is 0 Å². The van der Waals surface area contributed by atoms with Gasteiger partial charge in [0.25, 0.3) is 0 Å². The highest BCUT2D eigenvalue weighted by molar-refractivity contribution is 5.74. The summed E-state index contributed by atoms with van der Waals surface area (Å²) in [7, 11) is 0. The minimum atomic E-state index is -0.730. The van der Waals surface area contributed by atoms with Gasteiger partial charge in [-0.3, -0.25) is 4.79 Å².